The molecule has 1 aromatic rings. The molecule has 1 rings (SSSR count). The summed E-state index contributed by atoms with van der Waals surface area (Å²) in [6.45, 7) is 5.28. The number of rotatable bonds is 4. The topological polar surface area (TPSA) is 26.0 Å². The summed E-state index contributed by atoms with van der Waals surface area (Å²) < 4.78 is 0. The molecule has 1 unspecified atom stereocenters. The van der Waals surface area contributed by atoms with Gasteiger partial charge in [-0.25, -0.2) is 0 Å². The van der Waals surface area contributed by atoms with Crippen molar-refractivity contribution in [3.8, 4) is 0 Å². The van der Waals surface area contributed by atoms with Crippen LogP contribution in [-0.4, -0.2) is 6.54 Å². The normalized spacial score (nSPS) is 13.7. The maximum absolute atomic E-state index is 5.69. The molecule has 0 spiro atoms. The Balaban J connectivity index is 2.48. The Kier molecular flexibility index (Phi) is 3.76. The molecule has 0 radical (unpaired) electrons. The van der Waals surface area contributed by atoms with E-state index >= 15 is 0 Å². The van der Waals surface area contributed by atoms with E-state index in [1.165, 1.54) is 4.88 Å². The van der Waals surface area contributed by atoms with Gasteiger partial charge in [-0.2, -0.15) is 0 Å². The smallest absolute Gasteiger partial charge is 0.00485 e. The maximum Gasteiger partial charge on any atom is 0.00485 e. The molecule has 2 N–H and O–H groups in total. The Bertz CT molecular complexity index is 204. The quantitative estimate of drug-likeness (QED) is 0.762. The SMILES string of the molecule is CC(C)C(CN)Cc1cccs1. The lowest BCUT2D eigenvalue weighted by Gasteiger charge is -2.17. The molecule has 0 amide bonds. The highest BCUT2D eigenvalue weighted by molar-refractivity contribution is 7.09. The molecular weight excluding hydrogens is 166 g/mol. The van der Waals surface area contributed by atoms with Crippen LogP contribution in [0.3, 0.4) is 0 Å². The highest BCUT2D eigenvalue weighted by Crippen LogP contribution is 2.19. The van der Waals surface area contributed by atoms with Gasteiger partial charge in [-0.15, -0.1) is 11.3 Å². The molecule has 2 heteroatoms. The van der Waals surface area contributed by atoms with Gasteiger partial charge < -0.3 is 5.73 Å². The Hall–Kier alpha value is -0.340. The summed E-state index contributed by atoms with van der Waals surface area (Å²) in [5.41, 5.74) is 5.69. The zero-order valence-electron chi connectivity index (χ0n) is 7.79. The predicted octanol–water partition coefficient (Wildman–Crippen LogP) is 2.52. The lowest BCUT2D eigenvalue weighted by atomic mass is 9.92. The minimum Gasteiger partial charge on any atom is -0.330 e. The van der Waals surface area contributed by atoms with Crippen molar-refractivity contribution >= 4 is 11.3 Å². The van der Waals surface area contributed by atoms with Gasteiger partial charge in [0.25, 0.3) is 0 Å². The van der Waals surface area contributed by atoms with E-state index in [9.17, 15) is 0 Å². The summed E-state index contributed by atoms with van der Waals surface area (Å²) in [5, 5.41) is 2.13. The molecule has 0 saturated carbocycles. The molecular formula is C10H17NS. The molecule has 0 aliphatic carbocycles. The Morgan fingerprint density at radius 2 is 2.25 bits per heavy atom. The molecule has 0 aliphatic rings. The van der Waals surface area contributed by atoms with Crippen molar-refractivity contribution < 1.29 is 0 Å². The van der Waals surface area contributed by atoms with Crippen molar-refractivity contribution in [2.45, 2.75) is 20.3 Å². The lowest BCUT2D eigenvalue weighted by Crippen LogP contribution is -2.21. The van der Waals surface area contributed by atoms with Gasteiger partial charge in [0.1, 0.15) is 0 Å². The van der Waals surface area contributed by atoms with Crippen LogP contribution < -0.4 is 5.73 Å². The van der Waals surface area contributed by atoms with Crippen molar-refractivity contribution in [3.05, 3.63) is 22.4 Å². The van der Waals surface area contributed by atoms with Crippen LogP contribution in [0.4, 0.5) is 0 Å². The molecule has 12 heavy (non-hydrogen) atoms. The molecule has 0 aliphatic heterocycles. The largest absolute Gasteiger partial charge is 0.330 e. The zero-order chi connectivity index (χ0) is 8.97. The van der Waals surface area contributed by atoms with Crippen LogP contribution in [0.15, 0.2) is 17.5 Å². The fourth-order valence-corrected chi connectivity index (χ4v) is 2.08. The fraction of sp³-hybridized carbons (Fsp3) is 0.600. The highest BCUT2D eigenvalue weighted by atomic mass is 32.1. The van der Waals surface area contributed by atoms with Crippen molar-refractivity contribution in [3.63, 3.8) is 0 Å². The van der Waals surface area contributed by atoms with Crippen LogP contribution >= 0.6 is 11.3 Å². The van der Waals surface area contributed by atoms with Gasteiger partial charge >= 0.3 is 0 Å². The maximum atomic E-state index is 5.69. The molecule has 1 atom stereocenters. The van der Waals surface area contributed by atoms with E-state index in [1.807, 2.05) is 11.3 Å². The van der Waals surface area contributed by atoms with Crippen molar-refractivity contribution in [2.75, 3.05) is 6.54 Å². The Morgan fingerprint density at radius 1 is 1.50 bits per heavy atom. The van der Waals surface area contributed by atoms with Crippen LogP contribution in [0.25, 0.3) is 0 Å². The third kappa shape index (κ3) is 2.61. The molecule has 0 aromatic carbocycles. The third-order valence-corrected chi connectivity index (χ3v) is 3.19. The van der Waals surface area contributed by atoms with Gasteiger partial charge in [-0.1, -0.05) is 19.9 Å². The second-order valence-electron chi connectivity index (χ2n) is 3.52. The molecule has 1 heterocycles. The fourth-order valence-electron chi connectivity index (χ4n) is 1.28. The van der Waals surface area contributed by atoms with E-state index in [-0.39, 0.29) is 0 Å². The molecule has 0 bridgehead atoms. The summed E-state index contributed by atoms with van der Waals surface area (Å²) >= 11 is 1.83. The monoisotopic (exact) mass is 183 g/mol. The molecule has 68 valence electrons. The standard InChI is InChI=1S/C10H17NS/c1-8(2)9(7-11)6-10-4-3-5-12-10/h3-5,8-9H,6-7,11H2,1-2H3. The van der Waals surface area contributed by atoms with Gasteiger partial charge in [-0.3, -0.25) is 0 Å². The number of hydrogen-bond donors (Lipinski definition) is 1. The molecule has 0 fully saturated rings. The molecule has 0 saturated heterocycles. The number of thiophene rings is 1. The summed E-state index contributed by atoms with van der Waals surface area (Å²) in [6.07, 6.45) is 1.14. The van der Waals surface area contributed by atoms with Gasteiger partial charge in [0, 0.05) is 4.88 Å². The first-order valence-electron chi connectivity index (χ1n) is 4.46. The third-order valence-electron chi connectivity index (χ3n) is 2.29. The Morgan fingerprint density at radius 3 is 2.67 bits per heavy atom. The van der Waals surface area contributed by atoms with Crippen LogP contribution in [0.5, 0.6) is 0 Å². The first-order chi connectivity index (χ1) is 5.74. The predicted molar refractivity (Wildman–Crippen MR) is 55.4 cm³/mol. The molecule has 1 aromatic heterocycles. The Labute approximate surface area is 78.6 Å². The van der Waals surface area contributed by atoms with E-state index in [4.69, 9.17) is 5.73 Å². The van der Waals surface area contributed by atoms with E-state index in [1.54, 1.807) is 0 Å². The number of nitrogens with two attached hydrogens (primary N) is 1. The van der Waals surface area contributed by atoms with Gasteiger partial charge in [0.05, 0.1) is 0 Å². The zero-order valence-corrected chi connectivity index (χ0v) is 8.60. The number of hydrogen-bond acceptors (Lipinski definition) is 2. The minimum atomic E-state index is 0.642. The first kappa shape index (κ1) is 9.75. The van der Waals surface area contributed by atoms with Gasteiger partial charge in [0.15, 0.2) is 0 Å². The second-order valence-corrected chi connectivity index (χ2v) is 4.56. The van der Waals surface area contributed by atoms with Crippen molar-refractivity contribution in [1.29, 1.82) is 0 Å². The van der Waals surface area contributed by atoms with Gasteiger partial charge in [0.2, 0.25) is 0 Å². The summed E-state index contributed by atoms with van der Waals surface area (Å²) in [4.78, 5) is 1.46. The summed E-state index contributed by atoms with van der Waals surface area (Å²) in [6, 6.07) is 4.30. The lowest BCUT2D eigenvalue weighted by molar-refractivity contribution is 0.394. The van der Waals surface area contributed by atoms with E-state index in [0.29, 0.717) is 11.8 Å². The second kappa shape index (κ2) is 4.63. The van der Waals surface area contributed by atoms with Crippen LogP contribution in [0.1, 0.15) is 18.7 Å². The highest BCUT2D eigenvalue weighted by Gasteiger charge is 2.12. The average molecular weight is 183 g/mol. The minimum absolute atomic E-state index is 0.642. The van der Waals surface area contributed by atoms with Crippen LogP contribution in [-0.2, 0) is 6.42 Å². The van der Waals surface area contributed by atoms with Gasteiger partial charge in [-0.05, 0) is 36.2 Å². The average Bonchev–Trinajstić information content (AvgIpc) is 2.51. The van der Waals surface area contributed by atoms with E-state index in [2.05, 4.69) is 31.4 Å². The summed E-state index contributed by atoms with van der Waals surface area (Å²) in [7, 11) is 0. The molecule has 1 nitrogen and oxygen atoms in total. The van der Waals surface area contributed by atoms with E-state index in [0.717, 1.165) is 13.0 Å². The van der Waals surface area contributed by atoms with E-state index < -0.39 is 0 Å². The first-order valence-corrected chi connectivity index (χ1v) is 5.34. The van der Waals surface area contributed by atoms with Crippen molar-refractivity contribution in [1.82, 2.24) is 0 Å². The summed E-state index contributed by atoms with van der Waals surface area (Å²) in [5.74, 6) is 1.33. The van der Waals surface area contributed by atoms with Crippen LogP contribution in [0.2, 0.25) is 0 Å². The van der Waals surface area contributed by atoms with Crippen LogP contribution in [0, 0.1) is 11.8 Å². The van der Waals surface area contributed by atoms with Crippen molar-refractivity contribution in [2.24, 2.45) is 17.6 Å².